The molecule has 0 saturated carbocycles. The lowest BCUT2D eigenvalue weighted by Gasteiger charge is -2.08. The van der Waals surface area contributed by atoms with Crippen LogP contribution in [-0.4, -0.2) is 21.3 Å². The molecule has 0 aliphatic heterocycles. The summed E-state index contributed by atoms with van der Waals surface area (Å²) in [4.78, 5) is 0. The van der Waals surface area contributed by atoms with Crippen molar-refractivity contribution in [2.24, 2.45) is 0 Å². The van der Waals surface area contributed by atoms with Crippen LogP contribution in [0.25, 0.3) is 0 Å². The van der Waals surface area contributed by atoms with E-state index < -0.39 is 0 Å². The van der Waals surface area contributed by atoms with Gasteiger partial charge in [-0.05, 0) is 18.8 Å². The predicted molar refractivity (Wildman–Crippen MR) is 53.1 cm³/mol. The van der Waals surface area contributed by atoms with Crippen molar-refractivity contribution in [2.45, 2.75) is 33.1 Å². The number of hydrogen-bond acceptors (Lipinski definition) is 2. The molecule has 2 nitrogen and oxygen atoms in total. The standard InChI is InChI=1S/C9H19BO2/c1-5-6-7-8-9(2)10(11-3)12-4/h8H,5-7H2,1-4H3. The zero-order chi connectivity index (χ0) is 9.40. The number of unbranched alkanes of at least 4 members (excludes halogenated alkanes) is 2. The molecule has 0 bridgehead atoms. The summed E-state index contributed by atoms with van der Waals surface area (Å²) in [7, 11) is 3.15. The van der Waals surface area contributed by atoms with Crippen molar-refractivity contribution >= 4 is 7.12 Å². The quantitative estimate of drug-likeness (QED) is 0.450. The summed E-state index contributed by atoms with van der Waals surface area (Å²) in [6.45, 7) is 4.22. The maximum Gasteiger partial charge on any atom is 0.488 e. The van der Waals surface area contributed by atoms with Gasteiger partial charge in [-0.1, -0.05) is 25.8 Å². The van der Waals surface area contributed by atoms with Gasteiger partial charge in [0.2, 0.25) is 0 Å². The van der Waals surface area contributed by atoms with E-state index in [4.69, 9.17) is 9.31 Å². The van der Waals surface area contributed by atoms with Gasteiger partial charge in [0.25, 0.3) is 0 Å². The zero-order valence-electron chi connectivity index (χ0n) is 8.59. The van der Waals surface area contributed by atoms with E-state index in [1.165, 1.54) is 12.8 Å². The molecular weight excluding hydrogens is 151 g/mol. The summed E-state index contributed by atoms with van der Waals surface area (Å²) in [5.41, 5.74) is 1.16. The zero-order valence-corrected chi connectivity index (χ0v) is 8.59. The summed E-state index contributed by atoms with van der Waals surface area (Å²) in [6.07, 6.45) is 5.76. The van der Waals surface area contributed by atoms with Gasteiger partial charge in [-0.2, -0.15) is 0 Å². The molecule has 0 spiro atoms. The molecule has 12 heavy (non-hydrogen) atoms. The summed E-state index contributed by atoms with van der Waals surface area (Å²) >= 11 is 0. The summed E-state index contributed by atoms with van der Waals surface area (Å²) < 4.78 is 10.2. The van der Waals surface area contributed by atoms with Gasteiger partial charge in [-0.25, -0.2) is 0 Å². The van der Waals surface area contributed by atoms with E-state index in [1.54, 1.807) is 14.2 Å². The Labute approximate surface area is 76.1 Å². The summed E-state index contributed by atoms with van der Waals surface area (Å²) in [6, 6.07) is 0. The third kappa shape index (κ3) is 4.57. The van der Waals surface area contributed by atoms with Crippen molar-refractivity contribution in [3.8, 4) is 0 Å². The molecule has 0 N–H and O–H groups in total. The van der Waals surface area contributed by atoms with Crippen LogP contribution in [0.1, 0.15) is 33.1 Å². The second kappa shape index (κ2) is 7.38. The van der Waals surface area contributed by atoms with Crippen molar-refractivity contribution in [1.29, 1.82) is 0 Å². The fourth-order valence-electron chi connectivity index (χ4n) is 1.10. The normalized spacial score (nSPS) is 11.8. The number of hydrogen-bond donors (Lipinski definition) is 0. The molecule has 0 aliphatic rings. The molecule has 0 aromatic rings. The van der Waals surface area contributed by atoms with Crippen LogP contribution in [0.4, 0.5) is 0 Å². The summed E-state index contributed by atoms with van der Waals surface area (Å²) in [5.74, 6) is 0. The van der Waals surface area contributed by atoms with Gasteiger partial charge in [0, 0.05) is 14.2 Å². The molecule has 0 radical (unpaired) electrons. The second-order valence-electron chi connectivity index (χ2n) is 2.89. The van der Waals surface area contributed by atoms with E-state index in [0.29, 0.717) is 0 Å². The van der Waals surface area contributed by atoms with Gasteiger partial charge in [-0.15, -0.1) is 0 Å². The van der Waals surface area contributed by atoms with Crippen LogP contribution in [0.3, 0.4) is 0 Å². The smallest absolute Gasteiger partial charge is 0.410 e. The molecule has 0 saturated heterocycles. The molecule has 0 fully saturated rings. The van der Waals surface area contributed by atoms with E-state index in [-0.39, 0.29) is 7.12 Å². The Hall–Kier alpha value is -0.275. The lowest BCUT2D eigenvalue weighted by molar-refractivity contribution is 0.287. The van der Waals surface area contributed by atoms with Gasteiger partial charge in [0.15, 0.2) is 0 Å². The van der Waals surface area contributed by atoms with Crippen LogP contribution in [0, 0.1) is 0 Å². The maximum atomic E-state index is 5.10. The van der Waals surface area contributed by atoms with Crippen LogP contribution < -0.4 is 0 Å². The van der Waals surface area contributed by atoms with Crippen LogP contribution in [0.15, 0.2) is 11.5 Å². The van der Waals surface area contributed by atoms with E-state index in [2.05, 4.69) is 13.0 Å². The SMILES string of the molecule is CCCCC=C(C)B(OC)OC. The second-order valence-corrected chi connectivity index (χ2v) is 2.89. The van der Waals surface area contributed by atoms with Gasteiger partial charge in [-0.3, -0.25) is 0 Å². The average molecular weight is 170 g/mol. The molecule has 3 heteroatoms. The minimum atomic E-state index is -0.165. The molecule has 0 amide bonds. The molecule has 0 aromatic carbocycles. The molecule has 0 aliphatic carbocycles. The van der Waals surface area contributed by atoms with E-state index >= 15 is 0 Å². The third-order valence-electron chi connectivity index (χ3n) is 1.82. The van der Waals surface area contributed by atoms with Crippen molar-refractivity contribution in [1.82, 2.24) is 0 Å². The van der Waals surface area contributed by atoms with Crippen LogP contribution in [-0.2, 0) is 9.31 Å². The highest BCUT2D eigenvalue weighted by atomic mass is 16.6. The molecular formula is C9H19BO2. The highest BCUT2D eigenvalue weighted by Crippen LogP contribution is 2.05. The largest absolute Gasteiger partial charge is 0.488 e. The topological polar surface area (TPSA) is 18.5 Å². The highest BCUT2D eigenvalue weighted by Gasteiger charge is 2.15. The molecule has 70 valence electrons. The van der Waals surface area contributed by atoms with Crippen LogP contribution >= 0.6 is 0 Å². The minimum absolute atomic E-state index is 0.165. The van der Waals surface area contributed by atoms with Crippen molar-refractivity contribution in [3.63, 3.8) is 0 Å². The first-order valence-electron chi connectivity index (χ1n) is 4.48. The van der Waals surface area contributed by atoms with E-state index in [1.807, 2.05) is 6.92 Å². The Balaban J connectivity index is 3.79. The van der Waals surface area contributed by atoms with Crippen molar-refractivity contribution in [2.75, 3.05) is 14.2 Å². The Morgan fingerprint density at radius 1 is 1.33 bits per heavy atom. The van der Waals surface area contributed by atoms with Crippen molar-refractivity contribution in [3.05, 3.63) is 11.5 Å². The van der Waals surface area contributed by atoms with Crippen molar-refractivity contribution < 1.29 is 9.31 Å². The van der Waals surface area contributed by atoms with E-state index in [0.717, 1.165) is 11.9 Å². The van der Waals surface area contributed by atoms with Gasteiger partial charge in [0.05, 0.1) is 0 Å². The van der Waals surface area contributed by atoms with Crippen LogP contribution in [0.5, 0.6) is 0 Å². The fraction of sp³-hybridized carbons (Fsp3) is 0.778. The Morgan fingerprint density at radius 2 is 1.92 bits per heavy atom. The minimum Gasteiger partial charge on any atom is -0.410 e. The van der Waals surface area contributed by atoms with Crippen LogP contribution in [0.2, 0.25) is 0 Å². The third-order valence-corrected chi connectivity index (χ3v) is 1.82. The first-order chi connectivity index (χ1) is 5.76. The lowest BCUT2D eigenvalue weighted by atomic mass is 9.78. The fourth-order valence-corrected chi connectivity index (χ4v) is 1.10. The number of rotatable bonds is 6. The Kier molecular flexibility index (Phi) is 7.21. The first kappa shape index (κ1) is 11.7. The van der Waals surface area contributed by atoms with E-state index in [9.17, 15) is 0 Å². The Bertz CT molecular complexity index is 130. The highest BCUT2D eigenvalue weighted by molar-refractivity contribution is 6.53. The molecule has 0 rings (SSSR count). The molecule has 0 aromatic heterocycles. The predicted octanol–water partition coefficient (Wildman–Crippen LogP) is 2.44. The monoisotopic (exact) mass is 170 g/mol. The van der Waals surface area contributed by atoms with Gasteiger partial charge >= 0.3 is 7.12 Å². The maximum absolute atomic E-state index is 5.10. The lowest BCUT2D eigenvalue weighted by Crippen LogP contribution is -2.20. The van der Waals surface area contributed by atoms with Gasteiger partial charge < -0.3 is 9.31 Å². The molecule has 0 atom stereocenters. The average Bonchev–Trinajstić information content (AvgIpc) is 2.07. The number of allylic oxidation sites excluding steroid dienone is 2. The molecule has 0 heterocycles. The van der Waals surface area contributed by atoms with Gasteiger partial charge in [0.1, 0.15) is 0 Å². The summed E-state index contributed by atoms with van der Waals surface area (Å²) in [5, 5.41) is 0. The first-order valence-corrected chi connectivity index (χ1v) is 4.48. The Morgan fingerprint density at radius 3 is 2.33 bits per heavy atom. The molecule has 0 unspecified atom stereocenters.